The predicted octanol–water partition coefficient (Wildman–Crippen LogP) is 1.60. The predicted molar refractivity (Wildman–Crippen MR) is 29.4 cm³/mol. The zero-order valence-electron chi connectivity index (χ0n) is 3.82. The molecule has 0 fully saturated rings. The Bertz CT molecular complexity index is 66.1. The van der Waals surface area contributed by atoms with Crippen LogP contribution in [0.1, 0.15) is 0 Å². The van der Waals surface area contributed by atoms with Gasteiger partial charge < -0.3 is 6.15 Å². The van der Waals surface area contributed by atoms with Crippen molar-refractivity contribution in [2.45, 2.75) is 0 Å². The van der Waals surface area contributed by atoms with E-state index in [9.17, 15) is 0 Å². The summed E-state index contributed by atoms with van der Waals surface area (Å²) in [7, 11) is 0. The minimum absolute atomic E-state index is 0. The van der Waals surface area contributed by atoms with E-state index in [2.05, 4.69) is 15.6 Å². The average Bonchev–Trinajstić information content (AvgIpc) is 1.61. The molecule has 0 rings (SSSR count). The van der Waals surface area contributed by atoms with Crippen LogP contribution in [0.4, 0.5) is 0 Å². The maximum absolute atomic E-state index is 4.96. The van der Waals surface area contributed by atoms with E-state index < -0.39 is 0 Å². The first kappa shape index (κ1) is 9.95. The van der Waals surface area contributed by atoms with Crippen molar-refractivity contribution in [1.82, 2.24) is 0 Å². The summed E-state index contributed by atoms with van der Waals surface area (Å²) < 4.78 is 0. The summed E-state index contributed by atoms with van der Waals surface area (Å²) >= 11 is 3.44. The van der Waals surface area contributed by atoms with Crippen LogP contribution in [0.2, 0.25) is 0 Å². The largest absolute Gasteiger partial charge is 0.693 e. The molecule has 2 N–H and O–H groups in total. The summed E-state index contributed by atoms with van der Waals surface area (Å²) in [6.45, 7) is 4.96. The number of hydrogen-bond acceptors (Lipinski definition) is 0. The van der Waals surface area contributed by atoms with E-state index in [1.165, 1.54) is 6.08 Å². The Balaban J connectivity index is 0. The monoisotopic (exact) mass is 137 g/mol. The SMILES string of the molecule is [CH-]=C/C=C\[CH]=[Fe].[NH2-]. The van der Waals surface area contributed by atoms with Gasteiger partial charge in [0.15, 0.2) is 0 Å². The third-order valence-electron chi connectivity index (χ3n) is 0.290. The second kappa shape index (κ2) is 9.27. The van der Waals surface area contributed by atoms with Gasteiger partial charge in [0.05, 0.1) is 0 Å². The van der Waals surface area contributed by atoms with E-state index >= 15 is 0 Å². The van der Waals surface area contributed by atoms with Crippen molar-refractivity contribution >= 4 is 4.92 Å². The van der Waals surface area contributed by atoms with Gasteiger partial charge in [-0.1, -0.05) is 0 Å². The summed E-state index contributed by atoms with van der Waals surface area (Å²) in [5, 5.41) is 0. The molecule has 7 heavy (non-hydrogen) atoms. The average molecular weight is 137 g/mol. The van der Waals surface area contributed by atoms with Crippen LogP contribution in [0.15, 0.2) is 18.2 Å². The van der Waals surface area contributed by atoms with E-state index in [1.54, 1.807) is 17.1 Å². The van der Waals surface area contributed by atoms with Crippen LogP contribution in [0.5, 0.6) is 0 Å². The molecule has 2 heteroatoms. The van der Waals surface area contributed by atoms with Crippen LogP contribution < -0.4 is 0 Å². The molecule has 0 aromatic heterocycles. The molecule has 0 saturated carbocycles. The zero-order valence-corrected chi connectivity index (χ0v) is 4.92. The van der Waals surface area contributed by atoms with Gasteiger partial charge in [0.2, 0.25) is 0 Å². The van der Waals surface area contributed by atoms with E-state index in [0.717, 1.165) is 0 Å². The number of allylic oxidation sites excluding steroid dienone is 3. The van der Waals surface area contributed by atoms with Crippen molar-refractivity contribution in [1.29, 1.82) is 0 Å². The van der Waals surface area contributed by atoms with Crippen molar-refractivity contribution in [2.75, 3.05) is 0 Å². The molecule has 0 radical (unpaired) electrons. The fourth-order valence-corrected chi connectivity index (χ4v) is 0.226. The van der Waals surface area contributed by atoms with Crippen molar-refractivity contribution in [2.24, 2.45) is 0 Å². The number of hydrogen-bond donors (Lipinski definition) is 0. The third-order valence-corrected chi connectivity index (χ3v) is 0.503. The molecule has 0 aliphatic rings. The number of rotatable bonds is 2. The van der Waals surface area contributed by atoms with Crippen molar-refractivity contribution in [3.63, 3.8) is 0 Å². The minimum Gasteiger partial charge on any atom is -0.693 e. The van der Waals surface area contributed by atoms with Crippen LogP contribution in [0.3, 0.4) is 0 Å². The summed E-state index contributed by atoms with van der Waals surface area (Å²) in [5.41, 5.74) is 0. The molecule has 0 amide bonds. The fraction of sp³-hybridized carbons (Fsp3) is 0. The smallest absolute Gasteiger partial charge is 0.693 e. The summed E-state index contributed by atoms with van der Waals surface area (Å²) in [5.74, 6) is 0. The first-order valence-electron chi connectivity index (χ1n) is 1.54. The molecular formula is C5H7FeN-2. The van der Waals surface area contributed by atoms with Gasteiger partial charge in [0.25, 0.3) is 0 Å². The summed E-state index contributed by atoms with van der Waals surface area (Å²) in [4.78, 5) is 1.67. The van der Waals surface area contributed by atoms with E-state index in [-0.39, 0.29) is 6.15 Å². The van der Waals surface area contributed by atoms with Gasteiger partial charge in [0, 0.05) is 0 Å². The molecule has 1 nitrogen and oxygen atoms in total. The van der Waals surface area contributed by atoms with Crippen molar-refractivity contribution < 1.29 is 15.6 Å². The quantitative estimate of drug-likeness (QED) is 0.314. The maximum atomic E-state index is 4.96. The number of nitrogens with two attached hydrogens (primary N) is 1. The Hall–Kier alpha value is -0.171. The van der Waals surface area contributed by atoms with Gasteiger partial charge in [-0.15, -0.1) is 0 Å². The van der Waals surface area contributed by atoms with Crippen LogP contribution in [-0.2, 0) is 15.6 Å². The maximum Gasteiger partial charge on any atom is -0.693 e. The Labute approximate surface area is 52.1 Å². The third kappa shape index (κ3) is 10.7. The molecule has 0 spiro atoms. The van der Waals surface area contributed by atoms with Crippen LogP contribution in [0.25, 0.3) is 6.15 Å². The zero-order chi connectivity index (χ0) is 4.83. The molecule has 0 saturated heterocycles. The molecule has 0 bridgehead atoms. The van der Waals surface area contributed by atoms with Gasteiger partial charge in [-0.3, -0.25) is 0 Å². The van der Waals surface area contributed by atoms with Gasteiger partial charge >= 0.3 is 45.3 Å². The molecular weight excluding hydrogens is 130 g/mol. The van der Waals surface area contributed by atoms with Crippen LogP contribution >= 0.6 is 0 Å². The second-order valence-corrected chi connectivity index (χ2v) is 1.06. The molecule has 0 heterocycles. The van der Waals surface area contributed by atoms with Gasteiger partial charge in [-0.2, -0.15) is 0 Å². The fourth-order valence-electron chi connectivity index (χ4n) is 0.103. The van der Waals surface area contributed by atoms with Gasteiger partial charge in [0.1, 0.15) is 0 Å². The molecule has 0 aliphatic heterocycles. The van der Waals surface area contributed by atoms with Crippen LogP contribution in [0, 0.1) is 6.58 Å². The molecule has 0 aromatic carbocycles. The topological polar surface area (TPSA) is 33.5 Å². The summed E-state index contributed by atoms with van der Waals surface area (Å²) in [6, 6.07) is 0. The molecule has 0 aromatic rings. The molecule has 0 unspecified atom stereocenters. The first-order valence-corrected chi connectivity index (χ1v) is 2.17. The molecule has 42 valence electrons. The molecule has 0 aliphatic carbocycles. The van der Waals surface area contributed by atoms with Gasteiger partial charge in [-0.05, 0) is 0 Å². The van der Waals surface area contributed by atoms with Crippen molar-refractivity contribution in [3.05, 3.63) is 31.0 Å². The Kier molecular flexibility index (Phi) is 13.2. The Morgan fingerprint density at radius 1 is 1.29 bits per heavy atom. The summed E-state index contributed by atoms with van der Waals surface area (Å²) in [6.07, 6.45) is 4.94. The minimum atomic E-state index is 0. The Morgan fingerprint density at radius 2 is 1.86 bits per heavy atom. The standard InChI is InChI=1S/C5H5.Fe.H2N/c1-3-5-4-2;;/h1-5H;;1H2/q-1;;-1/b5-3-;;. The van der Waals surface area contributed by atoms with E-state index in [1.807, 2.05) is 0 Å². The van der Waals surface area contributed by atoms with Crippen LogP contribution in [-0.4, -0.2) is 4.92 Å². The van der Waals surface area contributed by atoms with E-state index in [4.69, 9.17) is 6.58 Å². The van der Waals surface area contributed by atoms with Gasteiger partial charge in [-0.25, -0.2) is 0 Å². The van der Waals surface area contributed by atoms with Crippen molar-refractivity contribution in [3.8, 4) is 0 Å². The second-order valence-electron chi connectivity index (χ2n) is 0.695. The Morgan fingerprint density at radius 3 is 2.00 bits per heavy atom. The van der Waals surface area contributed by atoms with E-state index in [0.29, 0.717) is 0 Å². The molecule has 0 atom stereocenters. The first-order chi connectivity index (χ1) is 2.91. The normalized spacial score (nSPS) is 7.57.